The predicted molar refractivity (Wildman–Crippen MR) is 72.7 cm³/mol. The van der Waals surface area contributed by atoms with Gasteiger partial charge < -0.3 is 4.74 Å². The van der Waals surface area contributed by atoms with Crippen molar-refractivity contribution in [2.75, 3.05) is 6.61 Å². The number of halogens is 3. The molecule has 0 unspecified atom stereocenters. The van der Waals surface area contributed by atoms with Crippen LogP contribution in [-0.2, 0) is 4.74 Å². The van der Waals surface area contributed by atoms with E-state index >= 15 is 0 Å². The van der Waals surface area contributed by atoms with Crippen molar-refractivity contribution in [3.8, 4) is 0 Å². The molecule has 0 aliphatic carbocycles. The summed E-state index contributed by atoms with van der Waals surface area (Å²) in [7, 11) is 0. The fraction of sp³-hybridized carbons (Fsp3) is 0.167. The Labute approximate surface area is 119 Å². The number of nitrogens with zero attached hydrogens (tertiary/aromatic N) is 1. The summed E-state index contributed by atoms with van der Waals surface area (Å²) in [4.78, 5) is 15.9. The average Bonchev–Trinajstić information content (AvgIpc) is 2.31. The molecular weight excluding hydrogens is 296 g/mol. The summed E-state index contributed by atoms with van der Waals surface area (Å²) >= 11 is 18.0. The number of hydrogen-bond donors (Lipinski definition) is 0. The molecule has 0 bridgehead atoms. The summed E-state index contributed by atoms with van der Waals surface area (Å²) in [6, 6.07) is 4.99. The van der Waals surface area contributed by atoms with Crippen molar-refractivity contribution < 1.29 is 9.53 Å². The Morgan fingerprint density at radius 1 is 1.33 bits per heavy atom. The molecule has 0 atom stereocenters. The first kappa shape index (κ1) is 13.4. The van der Waals surface area contributed by atoms with E-state index in [-0.39, 0.29) is 22.3 Å². The van der Waals surface area contributed by atoms with Crippen LogP contribution in [0.5, 0.6) is 0 Å². The lowest BCUT2D eigenvalue weighted by Gasteiger charge is -2.09. The second-order valence-electron chi connectivity index (χ2n) is 3.47. The minimum atomic E-state index is -0.595. The van der Waals surface area contributed by atoms with E-state index in [1.54, 1.807) is 25.1 Å². The molecule has 0 aliphatic heterocycles. The second kappa shape index (κ2) is 5.31. The number of ether oxygens (including phenoxy) is 1. The van der Waals surface area contributed by atoms with Gasteiger partial charge in [-0.25, -0.2) is 9.78 Å². The van der Waals surface area contributed by atoms with Gasteiger partial charge in [0.15, 0.2) is 0 Å². The van der Waals surface area contributed by atoms with E-state index in [9.17, 15) is 4.79 Å². The molecule has 0 saturated carbocycles. The number of pyridine rings is 1. The van der Waals surface area contributed by atoms with Crippen molar-refractivity contribution >= 4 is 51.7 Å². The monoisotopic (exact) mass is 303 g/mol. The van der Waals surface area contributed by atoms with Gasteiger partial charge in [0.25, 0.3) is 0 Å². The van der Waals surface area contributed by atoms with Crippen LogP contribution in [0.15, 0.2) is 18.2 Å². The van der Waals surface area contributed by atoms with E-state index in [1.807, 2.05) is 0 Å². The molecule has 1 heterocycles. The fourth-order valence-corrected chi connectivity index (χ4v) is 2.35. The summed E-state index contributed by atoms with van der Waals surface area (Å²) in [5, 5.41) is 1.29. The molecule has 94 valence electrons. The fourth-order valence-electron chi connectivity index (χ4n) is 1.55. The predicted octanol–water partition coefficient (Wildman–Crippen LogP) is 4.37. The molecular formula is C12H8Cl3NO2. The van der Waals surface area contributed by atoms with Gasteiger partial charge in [-0.15, -0.1) is 0 Å². The smallest absolute Gasteiger partial charge is 0.342 e. The maximum Gasteiger partial charge on any atom is 0.342 e. The van der Waals surface area contributed by atoms with Gasteiger partial charge in [-0.3, -0.25) is 0 Å². The molecule has 18 heavy (non-hydrogen) atoms. The van der Waals surface area contributed by atoms with Crippen LogP contribution in [0.2, 0.25) is 15.2 Å². The normalized spacial score (nSPS) is 10.7. The van der Waals surface area contributed by atoms with Gasteiger partial charge in [-0.05, 0) is 25.1 Å². The quantitative estimate of drug-likeness (QED) is 0.611. The number of fused-ring (bicyclic) bond motifs is 1. The average molecular weight is 305 g/mol. The van der Waals surface area contributed by atoms with Crippen molar-refractivity contribution in [2.45, 2.75) is 6.92 Å². The largest absolute Gasteiger partial charge is 0.462 e. The highest BCUT2D eigenvalue weighted by Gasteiger charge is 2.20. The summed E-state index contributed by atoms with van der Waals surface area (Å²) < 4.78 is 4.89. The van der Waals surface area contributed by atoms with Crippen molar-refractivity contribution in [2.24, 2.45) is 0 Å². The van der Waals surface area contributed by atoms with Crippen LogP contribution in [0.1, 0.15) is 17.3 Å². The molecule has 3 nitrogen and oxygen atoms in total. The van der Waals surface area contributed by atoms with Gasteiger partial charge in [0.2, 0.25) is 0 Å². The van der Waals surface area contributed by atoms with Crippen molar-refractivity contribution in [3.63, 3.8) is 0 Å². The Hall–Kier alpha value is -1.03. The molecule has 0 fully saturated rings. The molecule has 0 N–H and O–H groups in total. The lowest BCUT2D eigenvalue weighted by molar-refractivity contribution is 0.0526. The summed E-state index contributed by atoms with van der Waals surface area (Å²) in [6.45, 7) is 1.93. The van der Waals surface area contributed by atoms with Gasteiger partial charge >= 0.3 is 5.97 Å². The van der Waals surface area contributed by atoms with Crippen molar-refractivity contribution in [3.05, 3.63) is 39.0 Å². The Bertz CT molecular complexity index is 628. The third-order valence-electron chi connectivity index (χ3n) is 2.32. The standard InChI is InChI=1S/C12H8Cl3NO2/c1-2-18-12(17)9-10(14)7-5-6(13)3-4-8(7)16-11(9)15/h3-5H,2H2,1H3. The highest BCUT2D eigenvalue weighted by molar-refractivity contribution is 6.42. The third kappa shape index (κ3) is 2.39. The summed E-state index contributed by atoms with van der Waals surface area (Å²) in [5.74, 6) is -0.595. The Morgan fingerprint density at radius 3 is 2.72 bits per heavy atom. The zero-order chi connectivity index (χ0) is 13.3. The summed E-state index contributed by atoms with van der Waals surface area (Å²) in [5.41, 5.74) is 0.636. The minimum absolute atomic E-state index is 0.0215. The molecule has 0 saturated heterocycles. The molecule has 1 aromatic carbocycles. The molecule has 2 rings (SSSR count). The van der Waals surface area contributed by atoms with E-state index in [2.05, 4.69) is 4.98 Å². The van der Waals surface area contributed by atoms with Crippen molar-refractivity contribution in [1.82, 2.24) is 4.98 Å². The number of hydrogen-bond acceptors (Lipinski definition) is 3. The Kier molecular flexibility index (Phi) is 3.95. The number of carbonyl (C=O) groups excluding carboxylic acids is 1. The van der Waals surface area contributed by atoms with Crippen LogP contribution in [0, 0.1) is 0 Å². The second-order valence-corrected chi connectivity index (χ2v) is 4.65. The van der Waals surface area contributed by atoms with Crippen LogP contribution in [-0.4, -0.2) is 17.6 Å². The first-order chi connectivity index (χ1) is 8.54. The molecule has 0 amide bonds. The molecule has 0 aliphatic rings. The lowest BCUT2D eigenvalue weighted by Crippen LogP contribution is -2.07. The molecule has 2 aromatic rings. The number of aromatic nitrogens is 1. The molecule has 0 spiro atoms. The van der Waals surface area contributed by atoms with E-state index < -0.39 is 5.97 Å². The molecule has 0 radical (unpaired) electrons. The topological polar surface area (TPSA) is 39.2 Å². The van der Waals surface area contributed by atoms with Crippen molar-refractivity contribution in [1.29, 1.82) is 0 Å². The highest BCUT2D eigenvalue weighted by atomic mass is 35.5. The zero-order valence-corrected chi connectivity index (χ0v) is 11.6. The third-order valence-corrected chi connectivity index (χ3v) is 3.22. The maximum absolute atomic E-state index is 11.8. The van der Waals surface area contributed by atoms with Gasteiger partial charge in [0.05, 0.1) is 17.1 Å². The first-order valence-corrected chi connectivity index (χ1v) is 6.29. The number of rotatable bonds is 2. The van der Waals surface area contributed by atoms with Crippen LogP contribution >= 0.6 is 34.8 Å². The number of benzene rings is 1. The Morgan fingerprint density at radius 2 is 2.06 bits per heavy atom. The van der Waals surface area contributed by atoms with E-state index in [4.69, 9.17) is 39.5 Å². The molecule has 6 heteroatoms. The van der Waals surface area contributed by atoms with Crippen LogP contribution < -0.4 is 0 Å². The highest BCUT2D eigenvalue weighted by Crippen LogP contribution is 2.32. The first-order valence-electron chi connectivity index (χ1n) is 5.16. The zero-order valence-electron chi connectivity index (χ0n) is 9.34. The van der Waals surface area contributed by atoms with E-state index in [0.717, 1.165) is 0 Å². The van der Waals surface area contributed by atoms with Gasteiger partial charge in [0.1, 0.15) is 10.7 Å². The van der Waals surface area contributed by atoms with Crippen LogP contribution in [0.25, 0.3) is 10.9 Å². The number of esters is 1. The maximum atomic E-state index is 11.8. The molecule has 1 aromatic heterocycles. The van der Waals surface area contributed by atoms with Crippen LogP contribution in [0.4, 0.5) is 0 Å². The van der Waals surface area contributed by atoms with Crippen LogP contribution in [0.3, 0.4) is 0 Å². The van der Waals surface area contributed by atoms with E-state index in [0.29, 0.717) is 15.9 Å². The van der Waals surface area contributed by atoms with Gasteiger partial charge in [-0.2, -0.15) is 0 Å². The van der Waals surface area contributed by atoms with E-state index in [1.165, 1.54) is 0 Å². The van der Waals surface area contributed by atoms with Gasteiger partial charge in [0, 0.05) is 10.4 Å². The Balaban J connectivity index is 2.70. The van der Waals surface area contributed by atoms with Gasteiger partial charge in [-0.1, -0.05) is 34.8 Å². The lowest BCUT2D eigenvalue weighted by atomic mass is 10.1. The summed E-state index contributed by atoms with van der Waals surface area (Å²) in [6.07, 6.45) is 0. The SMILES string of the molecule is CCOC(=O)c1c(Cl)nc2ccc(Cl)cc2c1Cl. The number of carbonyl (C=O) groups is 1. The minimum Gasteiger partial charge on any atom is -0.462 e.